The summed E-state index contributed by atoms with van der Waals surface area (Å²) in [4.78, 5) is 49.4. The van der Waals surface area contributed by atoms with Crippen molar-refractivity contribution in [3.63, 3.8) is 0 Å². The van der Waals surface area contributed by atoms with E-state index < -0.39 is 24.0 Å². The monoisotopic (exact) mass is 634 g/mol. The third kappa shape index (κ3) is 9.19. The highest BCUT2D eigenvalue weighted by Crippen LogP contribution is 2.31. The van der Waals surface area contributed by atoms with Gasteiger partial charge < -0.3 is 30.5 Å². The molecule has 1 aliphatic rings. The molecule has 0 unspecified atom stereocenters. The second kappa shape index (κ2) is 14.4. The highest BCUT2D eigenvalue weighted by atomic mass is 35.5. The van der Waals surface area contributed by atoms with Crippen LogP contribution in [0.2, 0.25) is 5.02 Å². The Morgan fingerprint density at radius 1 is 0.977 bits per heavy atom. The molecule has 3 aromatic carbocycles. The van der Waals surface area contributed by atoms with Gasteiger partial charge in [0.15, 0.2) is 0 Å². The SMILES string of the molecule is N=C(N)c1ccc(COc2ccc3c(c2)C(=O)N(CCC(=O)O)CC(=O)N3Cc2ccc(Cl)cc2)cc1.O=C(O)C(F)(F)F. The van der Waals surface area contributed by atoms with E-state index in [9.17, 15) is 27.6 Å². The number of anilines is 1. The maximum absolute atomic E-state index is 13.4. The van der Waals surface area contributed by atoms with Gasteiger partial charge in [0.1, 0.15) is 24.7 Å². The van der Waals surface area contributed by atoms with Crippen LogP contribution in [0, 0.1) is 5.41 Å². The maximum atomic E-state index is 13.4. The summed E-state index contributed by atoms with van der Waals surface area (Å²) in [6, 6.07) is 19.0. The molecule has 0 aromatic heterocycles. The van der Waals surface area contributed by atoms with Gasteiger partial charge >= 0.3 is 18.1 Å². The molecule has 0 saturated carbocycles. The average Bonchev–Trinajstić information content (AvgIpc) is 3.06. The minimum absolute atomic E-state index is 0.0260. The Morgan fingerprint density at radius 3 is 2.11 bits per heavy atom. The summed E-state index contributed by atoms with van der Waals surface area (Å²) in [7, 11) is 0. The molecule has 5 N–H and O–H groups in total. The van der Waals surface area contributed by atoms with E-state index in [2.05, 4.69) is 0 Å². The van der Waals surface area contributed by atoms with E-state index in [0.717, 1.165) is 11.1 Å². The molecule has 4 rings (SSSR count). The normalized spacial score (nSPS) is 12.9. The number of aliphatic carboxylic acids is 2. The van der Waals surface area contributed by atoms with Gasteiger partial charge in [-0.3, -0.25) is 19.8 Å². The van der Waals surface area contributed by atoms with Gasteiger partial charge in [0, 0.05) is 17.1 Å². The first-order chi connectivity index (χ1) is 20.6. The van der Waals surface area contributed by atoms with Crippen LogP contribution < -0.4 is 15.4 Å². The van der Waals surface area contributed by atoms with Crippen molar-refractivity contribution in [2.45, 2.75) is 25.7 Å². The number of hydrogen-bond acceptors (Lipinski definition) is 6. The van der Waals surface area contributed by atoms with Gasteiger partial charge in [-0.1, -0.05) is 48.0 Å². The van der Waals surface area contributed by atoms with Crippen LogP contribution in [0.25, 0.3) is 0 Å². The molecule has 1 heterocycles. The topological polar surface area (TPSA) is 174 Å². The molecule has 15 heteroatoms. The number of carboxylic acid groups (broad SMARTS) is 2. The molecule has 11 nitrogen and oxygen atoms in total. The second-order valence-corrected chi connectivity index (χ2v) is 9.79. The minimum Gasteiger partial charge on any atom is -0.489 e. The number of nitrogens with zero attached hydrogens (tertiary/aromatic N) is 2. The van der Waals surface area contributed by atoms with Gasteiger partial charge in [0.25, 0.3) is 5.91 Å². The lowest BCUT2D eigenvalue weighted by Gasteiger charge is -2.23. The first-order valence-corrected chi connectivity index (χ1v) is 13.1. The summed E-state index contributed by atoms with van der Waals surface area (Å²) < 4.78 is 37.6. The maximum Gasteiger partial charge on any atom is 0.490 e. The molecule has 0 radical (unpaired) electrons. The summed E-state index contributed by atoms with van der Waals surface area (Å²) in [5.41, 5.74) is 8.43. The van der Waals surface area contributed by atoms with Crippen molar-refractivity contribution >= 4 is 46.9 Å². The van der Waals surface area contributed by atoms with Crippen LogP contribution in [0.5, 0.6) is 5.75 Å². The van der Waals surface area contributed by atoms with E-state index in [4.69, 9.17) is 42.5 Å². The van der Waals surface area contributed by atoms with E-state index in [1.807, 2.05) is 0 Å². The number of rotatable bonds is 9. The quantitative estimate of drug-likeness (QED) is 0.199. The molecule has 0 aliphatic carbocycles. The van der Waals surface area contributed by atoms with Crippen molar-refractivity contribution in [2.75, 3.05) is 18.0 Å². The van der Waals surface area contributed by atoms with Crippen LogP contribution >= 0.6 is 11.6 Å². The summed E-state index contributed by atoms with van der Waals surface area (Å²) in [6.07, 6.45) is -5.36. The predicted molar refractivity (Wildman–Crippen MR) is 153 cm³/mol. The van der Waals surface area contributed by atoms with Crippen LogP contribution in [0.3, 0.4) is 0 Å². The Bertz CT molecular complexity index is 1550. The fourth-order valence-corrected chi connectivity index (χ4v) is 4.07. The Labute approximate surface area is 253 Å². The number of halogens is 4. The van der Waals surface area contributed by atoms with E-state index in [1.165, 1.54) is 9.80 Å². The number of amides is 2. The van der Waals surface area contributed by atoms with E-state index in [0.29, 0.717) is 22.0 Å². The summed E-state index contributed by atoms with van der Waals surface area (Å²) in [5, 5.41) is 24.3. The number of fused-ring (bicyclic) bond motifs is 1. The number of nitrogen functional groups attached to an aromatic ring is 1. The third-order valence-electron chi connectivity index (χ3n) is 6.17. The molecule has 0 atom stereocenters. The van der Waals surface area contributed by atoms with Gasteiger partial charge in [-0.2, -0.15) is 13.2 Å². The van der Waals surface area contributed by atoms with Crippen LogP contribution in [0.15, 0.2) is 66.7 Å². The van der Waals surface area contributed by atoms with Crippen molar-refractivity contribution in [3.8, 4) is 5.75 Å². The lowest BCUT2D eigenvalue weighted by molar-refractivity contribution is -0.192. The van der Waals surface area contributed by atoms with E-state index in [1.54, 1.807) is 66.7 Å². The Morgan fingerprint density at radius 2 is 1.57 bits per heavy atom. The summed E-state index contributed by atoms with van der Waals surface area (Å²) >= 11 is 5.99. The molecule has 232 valence electrons. The number of benzene rings is 3. The third-order valence-corrected chi connectivity index (χ3v) is 6.42. The first-order valence-electron chi connectivity index (χ1n) is 12.7. The van der Waals surface area contributed by atoms with Crippen molar-refractivity contribution < 1.29 is 47.3 Å². The Hall–Kier alpha value is -5.11. The highest BCUT2D eigenvalue weighted by Gasteiger charge is 2.38. The summed E-state index contributed by atoms with van der Waals surface area (Å²) in [6.45, 7) is 0.0852. The first kappa shape index (κ1) is 33.4. The number of nitrogens with one attached hydrogen (secondary N) is 1. The molecule has 0 bridgehead atoms. The van der Waals surface area contributed by atoms with Gasteiger partial charge in [-0.15, -0.1) is 0 Å². The van der Waals surface area contributed by atoms with Crippen LogP contribution in [-0.2, 0) is 27.5 Å². The molecule has 0 saturated heterocycles. The van der Waals surface area contributed by atoms with E-state index in [-0.39, 0.29) is 50.0 Å². The zero-order valence-electron chi connectivity index (χ0n) is 22.8. The van der Waals surface area contributed by atoms with Gasteiger partial charge in [-0.05, 0) is 41.5 Å². The van der Waals surface area contributed by atoms with Crippen LogP contribution in [0.1, 0.15) is 33.5 Å². The molecule has 3 aromatic rings. The average molecular weight is 635 g/mol. The predicted octanol–water partition coefficient (Wildman–Crippen LogP) is 4.30. The van der Waals surface area contributed by atoms with Gasteiger partial charge in [-0.25, -0.2) is 4.79 Å². The van der Waals surface area contributed by atoms with Crippen LogP contribution in [-0.4, -0.2) is 64.0 Å². The molecule has 1 aliphatic heterocycles. The smallest absolute Gasteiger partial charge is 0.489 e. The summed E-state index contributed by atoms with van der Waals surface area (Å²) in [5.74, 6) is -4.20. The molecular weight excluding hydrogens is 609 g/mol. The highest BCUT2D eigenvalue weighted by molar-refractivity contribution is 6.30. The Balaban J connectivity index is 0.000000676. The number of carboxylic acids is 2. The van der Waals surface area contributed by atoms with Crippen LogP contribution in [0.4, 0.5) is 18.9 Å². The van der Waals surface area contributed by atoms with Crippen molar-refractivity contribution in [3.05, 3.63) is 94.0 Å². The van der Waals surface area contributed by atoms with Crippen molar-refractivity contribution in [2.24, 2.45) is 5.73 Å². The molecule has 0 spiro atoms. The molecule has 44 heavy (non-hydrogen) atoms. The number of carbonyl (C=O) groups is 4. The number of carbonyl (C=O) groups excluding carboxylic acids is 2. The van der Waals surface area contributed by atoms with Gasteiger partial charge in [0.2, 0.25) is 5.91 Å². The Kier molecular flexibility index (Phi) is 10.9. The van der Waals surface area contributed by atoms with E-state index >= 15 is 0 Å². The minimum atomic E-state index is -5.08. The molecular formula is C29H26ClF3N4O7. The van der Waals surface area contributed by atoms with Crippen molar-refractivity contribution in [1.82, 2.24) is 4.90 Å². The molecule has 0 fully saturated rings. The largest absolute Gasteiger partial charge is 0.490 e. The number of ether oxygens (including phenoxy) is 1. The zero-order valence-corrected chi connectivity index (χ0v) is 23.6. The fourth-order valence-electron chi connectivity index (χ4n) is 3.94. The number of hydrogen-bond donors (Lipinski definition) is 4. The molecule has 2 amide bonds. The van der Waals surface area contributed by atoms with Gasteiger partial charge in [0.05, 0.1) is 24.2 Å². The second-order valence-electron chi connectivity index (χ2n) is 9.36. The number of alkyl halides is 3. The zero-order chi connectivity index (χ0) is 32.6. The number of nitrogens with two attached hydrogens (primary N) is 1. The fraction of sp³-hybridized carbons (Fsp3) is 0.207. The van der Waals surface area contributed by atoms with Crippen molar-refractivity contribution in [1.29, 1.82) is 5.41 Å². The standard InChI is InChI=1S/C27H25ClN4O5.C2HF3O2/c28-20-7-3-17(4-8-20)14-32-23-10-9-21(37-16-18-1-5-19(6-2-18)26(29)30)13-22(23)27(36)31(15-24(32)33)12-11-25(34)35;3-2(4,5)1(6)7/h1-10,13H,11-12,14-16H2,(H3,29,30)(H,34,35);(H,6,7). The number of amidine groups is 1. The lowest BCUT2D eigenvalue weighted by Crippen LogP contribution is -2.40. The lowest BCUT2D eigenvalue weighted by atomic mass is 10.1.